The SMILES string of the molecule is Cc1ccc(CC(Cc2c(C)nn(C)c2Cl)C(=O)O)cc1. The molecule has 112 valence electrons. The van der Waals surface area contributed by atoms with Crippen molar-refractivity contribution in [2.45, 2.75) is 26.7 Å². The third kappa shape index (κ3) is 3.64. The van der Waals surface area contributed by atoms with Crippen molar-refractivity contribution in [2.75, 3.05) is 0 Å². The van der Waals surface area contributed by atoms with E-state index in [-0.39, 0.29) is 0 Å². The average molecular weight is 307 g/mol. The highest BCUT2D eigenvalue weighted by Crippen LogP contribution is 2.24. The highest BCUT2D eigenvalue weighted by molar-refractivity contribution is 6.30. The third-order valence-corrected chi connectivity index (χ3v) is 4.15. The van der Waals surface area contributed by atoms with E-state index in [0.717, 1.165) is 22.4 Å². The van der Waals surface area contributed by atoms with Crippen molar-refractivity contribution in [3.63, 3.8) is 0 Å². The maximum absolute atomic E-state index is 11.5. The van der Waals surface area contributed by atoms with Gasteiger partial charge in [-0.1, -0.05) is 41.4 Å². The van der Waals surface area contributed by atoms with Gasteiger partial charge < -0.3 is 5.11 Å². The Labute approximate surface area is 129 Å². The molecule has 4 nitrogen and oxygen atoms in total. The van der Waals surface area contributed by atoms with E-state index in [4.69, 9.17) is 11.6 Å². The number of carboxylic acid groups (broad SMARTS) is 1. The molecule has 1 aromatic heterocycles. The molecule has 0 amide bonds. The summed E-state index contributed by atoms with van der Waals surface area (Å²) < 4.78 is 1.58. The number of aryl methyl sites for hydroxylation is 3. The maximum Gasteiger partial charge on any atom is 0.307 e. The summed E-state index contributed by atoms with van der Waals surface area (Å²) in [7, 11) is 1.76. The molecule has 0 fully saturated rings. The van der Waals surface area contributed by atoms with Crippen molar-refractivity contribution >= 4 is 17.6 Å². The molecule has 0 saturated heterocycles. The summed E-state index contributed by atoms with van der Waals surface area (Å²) in [5.74, 6) is -1.32. The van der Waals surface area contributed by atoms with E-state index < -0.39 is 11.9 Å². The molecule has 0 radical (unpaired) electrons. The van der Waals surface area contributed by atoms with Crippen LogP contribution >= 0.6 is 11.6 Å². The van der Waals surface area contributed by atoms with E-state index in [1.54, 1.807) is 11.7 Å². The zero-order chi connectivity index (χ0) is 15.6. The molecule has 0 aliphatic heterocycles. The van der Waals surface area contributed by atoms with Gasteiger partial charge in [-0.3, -0.25) is 9.48 Å². The minimum atomic E-state index is -0.810. The predicted molar refractivity (Wildman–Crippen MR) is 82.7 cm³/mol. The van der Waals surface area contributed by atoms with Crippen LogP contribution in [0, 0.1) is 19.8 Å². The van der Waals surface area contributed by atoms with Gasteiger partial charge in [-0.2, -0.15) is 5.10 Å². The number of carbonyl (C=O) groups is 1. The van der Waals surface area contributed by atoms with Crippen molar-refractivity contribution in [2.24, 2.45) is 13.0 Å². The largest absolute Gasteiger partial charge is 0.481 e. The standard InChI is InChI=1S/C16H19ClN2O2/c1-10-4-6-12(7-5-10)8-13(16(20)21)9-14-11(2)18-19(3)15(14)17/h4-7,13H,8-9H2,1-3H3,(H,20,21). The lowest BCUT2D eigenvalue weighted by Crippen LogP contribution is -2.19. The average Bonchev–Trinajstić information content (AvgIpc) is 2.66. The van der Waals surface area contributed by atoms with Crippen molar-refractivity contribution in [3.8, 4) is 0 Å². The summed E-state index contributed by atoms with van der Waals surface area (Å²) in [6.07, 6.45) is 0.877. The Balaban J connectivity index is 2.20. The van der Waals surface area contributed by atoms with Crippen molar-refractivity contribution in [1.82, 2.24) is 9.78 Å². The van der Waals surface area contributed by atoms with Crippen molar-refractivity contribution in [3.05, 3.63) is 51.8 Å². The molecule has 1 heterocycles. The van der Waals surface area contributed by atoms with Gasteiger partial charge in [0.25, 0.3) is 0 Å². The van der Waals surface area contributed by atoms with Gasteiger partial charge in [0.2, 0.25) is 0 Å². The summed E-state index contributed by atoms with van der Waals surface area (Å²) >= 11 is 6.19. The van der Waals surface area contributed by atoms with Crippen molar-refractivity contribution < 1.29 is 9.90 Å². The first-order valence-electron chi connectivity index (χ1n) is 6.84. The fraction of sp³-hybridized carbons (Fsp3) is 0.375. The molecular formula is C16H19ClN2O2. The second-order valence-electron chi connectivity index (χ2n) is 5.41. The fourth-order valence-electron chi connectivity index (χ4n) is 2.41. The van der Waals surface area contributed by atoms with Gasteiger partial charge >= 0.3 is 5.97 Å². The first-order chi connectivity index (χ1) is 9.88. The molecule has 0 saturated carbocycles. The molecule has 0 bridgehead atoms. The Bertz CT molecular complexity index is 647. The van der Waals surface area contributed by atoms with Crippen LogP contribution < -0.4 is 0 Å². The van der Waals surface area contributed by atoms with Crippen LogP contribution in [-0.4, -0.2) is 20.9 Å². The van der Waals surface area contributed by atoms with Crippen LogP contribution in [0.15, 0.2) is 24.3 Å². The number of hydrogen-bond donors (Lipinski definition) is 1. The lowest BCUT2D eigenvalue weighted by Gasteiger charge is -2.12. The van der Waals surface area contributed by atoms with E-state index in [1.807, 2.05) is 38.1 Å². The zero-order valence-corrected chi connectivity index (χ0v) is 13.2. The summed E-state index contributed by atoms with van der Waals surface area (Å²) in [5, 5.41) is 14.2. The van der Waals surface area contributed by atoms with Gasteiger partial charge in [0.05, 0.1) is 11.6 Å². The van der Waals surface area contributed by atoms with Crippen LogP contribution in [0.3, 0.4) is 0 Å². The van der Waals surface area contributed by atoms with Gasteiger partial charge in [0, 0.05) is 12.6 Å². The third-order valence-electron chi connectivity index (χ3n) is 3.67. The van der Waals surface area contributed by atoms with Gasteiger partial charge in [-0.15, -0.1) is 0 Å². The number of hydrogen-bond acceptors (Lipinski definition) is 2. The van der Waals surface area contributed by atoms with E-state index >= 15 is 0 Å². The second-order valence-corrected chi connectivity index (χ2v) is 5.77. The molecule has 0 spiro atoms. The summed E-state index contributed by atoms with van der Waals surface area (Å²) in [4.78, 5) is 11.5. The summed E-state index contributed by atoms with van der Waals surface area (Å²) in [5.41, 5.74) is 3.79. The highest BCUT2D eigenvalue weighted by Gasteiger charge is 2.23. The Kier molecular flexibility index (Phi) is 4.68. The van der Waals surface area contributed by atoms with E-state index in [1.165, 1.54) is 0 Å². The number of aromatic nitrogens is 2. The maximum atomic E-state index is 11.5. The van der Waals surface area contributed by atoms with E-state index in [0.29, 0.717) is 18.0 Å². The molecule has 1 unspecified atom stereocenters. The minimum Gasteiger partial charge on any atom is -0.481 e. The minimum absolute atomic E-state index is 0.391. The molecular weight excluding hydrogens is 288 g/mol. The number of benzene rings is 1. The number of rotatable bonds is 5. The predicted octanol–water partition coefficient (Wildman–Crippen LogP) is 3.18. The molecule has 1 aromatic carbocycles. The van der Waals surface area contributed by atoms with Crippen LogP contribution in [-0.2, 0) is 24.7 Å². The summed E-state index contributed by atoms with van der Waals surface area (Å²) in [6, 6.07) is 7.94. The van der Waals surface area contributed by atoms with Crippen LogP contribution in [0.25, 0.3) is 0 Å². The van der Waals surface area contributed by atoms with Crippen LogP contribution in [0.1, 0.15) is 22.4 Å². The first kappa shape index (κ1) is 15.6. The van der Waals surface area contributed by atoms with Crippen molar-refractivity contribution in [1.29, 1.82) is 0 Å². The molecule has 2 aromatic rings. The fourth-order valence-corrected chi connectivity index (χ4v) is 2.66. The normalized spacial score (nSPS) is 12.4. The first-order valence-corrected chi connectivity index (χ1v) is 7.22. The number of nitrogens with zero attached hydrogens (tertiary/aromatic N) is 2. The Morgan fingerprint density at radius 2 is 1.90 bits per heavy atom. The highest BCUT2D eigenvalue weighted by atomic mass is 35.5. The zero-order valence-electron chi connectivity index (χ0n) is 12.4. The molecule has 5 heteroatoms. The Hall–Kier alpha value is -1.81. The van der Waals surface area contributed by atoms with Crippen LogP contribution in [0.5, 0.6) is 0 Å². The molecule has 0 aliphatic carbocycles. The quantitative estimate of drug-likeness (QED) is 0.923. The molecule has 1 N–H and O–H groups in total. The van der Waals surface area contributed by atoms with Gasteiger partial charge in [0.15, 0.2) is 0 Å². The Morgan fingerprint density at radius 1 is 1.29 bits per heavy atom. The second kappa shape index (κ2) is 6.31. The molecule has 21 heavy (non-hydrogen) atoms. The molecule has 2 rings (SSSR count). The smallest absolute Gasteiger partial charge is 0.307 e. The molecule has 0 aliphatic rings. The number of aliphatic carboxylic acids is 1. The van der Waals surface area contributed by atoms with Gasteiger partial charge in [0.1, 0.15) is 5.15 Å². The Morgan fingerprint density at radius 3 is 2.38 bits per heavy atom. The number of carboxylic acids is 1. The monoisotopic (exact) mass is 306 g/mol. The van der Waals surface area contributed by atoms with Crippen LogP contribution in [0.4, 0.5) is 0 Å². The van der Waals surface area contributed by atoms with Gasteiger partial charge in [-0.25, -0.2) is 0 Å². The van der Waals surface area contributed by atoms with E-state index in [9.17, 15) is 9.90 Å². The van der Waals surface area contributed by atoms with Gasteiger partial charge in [-0.05, 0) is 32.3 Å². The van der Waals surface area contributed by atoms with E-state index in [2.05, 4.69) is 5.10 Å². The molecule has 1 atom stereocenters. The summed E-state index contributed by atoms with van der Waals surface area (Å²) in [6.45, 7) is 3.86. The topological polar surface area (TPSA) is 55.1 Å². The number of halogens is 1. The lowest BCUT2D eigenvalue weighted by molar-refractivity contribution is -0.141. The van der Waals surface area contributed by atoms with Crippen LogP contribution in [0.2, 0.25) is 5.15 Å². The lowest BCUT2D eigenvalue weighted by atomic mass is 9.92.